The maximum absolute atomic E-state index is 5.90. The van der Waals surface area contributed by atoms with Crippen LogP contribution in [0.15, 0.2) is 35.3 Å². The summed E-state index contributed by atoms with van der Waals surface area (Å²) in [5.74, 6) is 0.583. The molecule has 1 fully saturated rings. The predicted octanol–water partition coefficient (Wildman–Crippen LogP) is 2.64. The van der Waals surface area contributed by atoms with Gasteiger partial charge in [0.15, 0.2) is 5.96 Å². The van der Waals surface area contributed by atoms with Gasteiger partial charge in [0.1, 0.15) is 0 Å². The van der Waals surface area contributed by atoms with Crippen LogP contribution in [0.25, 0.3) is 0 Å². The normalized spacial score (nSPS) is 15.6. The first kappa shape index (κ1) is 22.2. The molecule has 1 aliphatic heterocycles. The molecule has 142 valence electrons. The van der Waals surface area contributed by atoms with Gasteiger partial charge in [0.25, 0.3) is 0 Å². The third-order valence-corrected chi connectivity index (χ3v) is 4.31. The summed E-state index contributed by atoms with van der Waals surface area (Å²) in [6, 6.07) is 10.7. The molecule has 0 unspecified atom stereocenters. The standard InChI is InChI=1S/C19H32N4O.HI/c20-19(22-12-7-13-23-14-16-24-17-15-23)21-11-6-2-5-10-18-8-3-1-4-9-18;/h1,3-4,8-9H,2,5-7,10-17H2,(H3,20,21,22);1H. The highest BCUT2D eigenvalue weighted by Crippen LogP contribution is 2.05. The van der Waals surface area contributed by atoms with Crippen molar-refractivity contribution in [3.8, 4) is 0 Å². The Hall–Kier alpha value is -0.860. The van der Waals surface area contributed by atoms with Crippen LogP contribution in [0.1, 0.15) is 31.2 Å². The Labute approximate surface area is 169 Å². The Morgan fingerprint density at radius 1 is 1.08 bits per heavy atom. The fourth-order valence-corrected chi connectivity index (χ4v) is 2.87. The average molecular weight is 460 g/mol. The fraction of sp³-hybridized carbons (Fsp3) is 0.632. The molecule has 0 bridgehead atoms. The van der Waals surface area contributed by atoms with E-state index >= 15 is 0 Å². The molecule has 1 saturated heterocycles. The van der Waals surface area contributed by atoms with E-state index in [1.54, 1.807) is 0 Å². The molecule has 1 aromatic carbocycles. The van der Waals surface area contributed by atoms with Gasteiger partial charge in [0.2, 0.25) is 0 Å². The summed E-state index contributed by atoms with van der Waals surface area (Å²) in [5, 5.41) is 3.21. The molecule has 25 heavy (non-hydrogen) atoms. The van der Waals surface area contributed by atoms with Gasteiger partial charge in [-0.25, -0.2) is 0 Å². The van der Waals surface area contributed by atoms with Crippen molar-refractivity contribution in [2.24, 2.45) is 10.7 Å². The van der Waals surface area contributed by atoms with E-state index in [9.17, 15) is 0 Å². The molecule has 1 heterocycles. The third-order valence-electron chi connectivity index (χ3n) is 4.31. The second kappa shape index (κ2) is 14.3. The van der Waals surface area contributed by atoms with E-state index in [2.05, 4.69) is 45.5 Å². The van der Waals surface area contributed by atoms with Crippen molar-refractivity contribution in [3.05, 3.63) is 35.9 Å². The Morgan fingerprint density at radius 2 is 1.84 bits per heavy atom. The van der Waals surface area contributed by atoms with Crippen molar-refractivity contribution in [2.75, 3.05) is 45.9 Å². The SMILES string of the molecule is I.NC(=NCCCN1CCOCC1)NCCCCCc1ccccc1. The predicted molar refractivity (Wildman–Crippen MR) is 116 cm³/mol. The highest BCUT2D eigenvalue weighted by atomic mass is 127. The van der Waals surface area contributed by atoms with Crippen molar-refractivity contribution in [1.29, 1.82) is 0 Å². The molecular weight excluding hydrogens is 427 g/mol. The van der Waals surface area contributed by atoms with Crippen molar-refractivity contribution >= 4 is 29.9 Å². The number of guanidine groups is 1. The summed E-state index contributed by atoms with van der Waals surface area (Å²) in [6.07, 6.45) is 5.79. The number of hydrogen-bond acceptors (Lipinski definition) is 3. The number of nitrogens with one attached hydrogen (secondary N) is 1. The van der Waals surface area contributed by atoms with Crippen LogP contribution in [0.2, 0.25) is 0 Å². The summed E-state index contributed by atoms with van der Waals surface area (Å²) >= 11 is 0. The molecule has 1 aliphatic rings. The molecular formula is C19H33IN4O. The van der Waals surface area contributed by atoms with Crippen LogP contribution in [0, 0.1) is 0 Å². The summed E-state index contributed by atoms with van der Waals surface area (Å²) in [7, 11) is 0. The number of aryl methyl sites for hydroxylation is 1. The second-order valence-electron chi connectivity index (χ2n) is 6.30. The first-order valence-electron chi connectivity index (χ1n) is 9.22. The van der Waals surface area contributed by atoms with Crippen molar-refractivity contribution < 1.29 is 4.74 Å². The zero-order chi connectivity index (χ0) is 16.9. The Kier molecular flexibility index (Phi) is 12.7. The molecule has 0 aliphatic carbocycles. The molecule has 6 heteroatoms. The summed E-state index contributed by atoms with van der Waals surface area (Å²) in [6.45, 7) is 6.59. The molecule has 3 N–H and O–H groups in total. The van der Waals surface area contributed by atoms with Gasteiger partial charge in [-0.05, 0) is 31.2 Å². The minimum atomic E-state index is 0. The largest absolute Gasteiger partial charge is 0.379 e. The van der Waals surface area contributed by atoms with Crippen LogP contribution in [-0.2, 0) is 11.2 Å². The van der Waals surface area contributed by atoms with Crippen molar-refractivity contribution in [2.45, 2.75) is 32.1 Å². The van der Waals surface area contributed by atoms with Gasteiger partial charge in [0, 0.05) is 32.7 Å². The van der Waals surface area contributed by atoms with Crippen LogP contribution in [0.4, 0.5) is 0 Å². The molecule has 0 amide bonds. The van der Waals surface area contributed by atoms with Crippen LogP contribution >= 0.6 is 24.0 Å². The number of morpholine rings is 1. The lowest BCUT2D eigenvalue weighted by Gasteiger charge is -2.26. The molecule has 0 spiro atoms. The molecule has 0 radical (unpaired) electrons. The number of benzene rings is 1. The van der Waals surface area contributed by atoms with Gasteiger partial charge in [0.05, 0.1) is 13.2 Å². The Balaban J connectivity index is 0.00000312. The number of nitrogens with zero attached hydrogens (tertiary/aromatic N) is 2. The number of halogens is 1. The molecule has 0 saturated carbocycles. The maximum atomic E-state index is 5.90. The van der Waals surface area contributed by atoms with E-state index in [1.165, 1.54) is 18.4 Å². The van der Waals surface area contributed by atoms with Crippen LogP contribution < -0.4 is 11.1 Å². The lowest BCUT2D eigenvalue weighted by molar-refractivity contribution is 0.0377. The van der Waals surface area contributed by atoms with Crippen LogP contribution in [0.3, 0.4) is 0 Å². The molecule has 1 aromatic rings. The lowest BCUT2D eigenvalue weighted by Crippen LogP contribution is -2.37. The number of nitrogens with two attached hydrogens (primary N) is 1. The van der Waals surface area contributed by atoms with E-state index in [4.69, 9.17) is 10.5 Å². The molecule has 2 rings (SSSR count). The van der Waals surface area contributed by atoms with Gasteiger partial charge in [-0.3, -0.25) is 9.89 Å². The first-order chi connectivity index (χ1) is 11.8. The second-order valence-corrected chi connectivity index (χ2v) is 6.30. The van der Waals surface area contributed by atoms with Crippen molar-refractivity contribution in [3.63, 3.8) is 0 Å². The van der Waals surface area contributed by atoms with Gasteiger partial charge >= 0.3 is 0 Å². The minimum absolute atomic E-state index is 0. The highest BCUT2D eigenvalue weighted by molar-refractivity contribution is 14.0. The van der Waals surface area contributed by atoms with Crippen molar-refractivity contribution in [1.82, 2.24) is 10.2 Å². The van der Waals surface area contributed by atoms with Gasteiger partial charge in [-0.2, -0.15) is 0 Å². The topological polar surface area (TPSA) is 62.9 Å². The monoisotopic (exact) mass is 460 g/mol. The maximum Gasteiger partial charge on any atom is 0.188 e. The van der Waals surface area contributed by atoms with E-state index in [-0.39, 0.29) is 24.0 Å². The minimum Gasteiger partial charge on any atom is -0.379 e. The highest BCUT2D eigenvalue weighted by Gasteiger charge is 2.08. The summed E-state index contributed by atoms with van der Waals surface area (Å²) in [4.78, 5) is 6.83. The van der Waals surface area contributed by atoms with E-state index in [1.807, 2.05) is 0 Å². The zero-order valence-electron chi connectivity index (χ0n) is 15.2. The van der Waals surface area contributed by atoms with Gasteiger partial charge < -0.3 is 15.8 Å². The Morgan fingerprint density at radius 3 is 2.60 bits per heavy atom. The zero-order valence-corrected chi connectivity index (χ0v) is 17.5. The van der Waals surface area contributed by atoms with Crippen LogP contribution in [0.5, 0.6) is 0 Å². The number of hydrogen-bond donors (Lipinski definition) is 2. The fourth-order valence-electron chi connectivity index (χ4n) is 2.87. The molecule has 0 atom stereocenters. The number of ether oxygens (including phenoxy) is 1. The van der Waals surface area contributed by atoms with E-state index < -0.39 is 0 Å². The lowest BCUT2D eigenvalue weighted by atomic mass is 10.1. The number of rotatable bonds is 10. The average Bonchev–Trinajstić information content (AvgIpc) is 2.63. The van der Waals surface area contributed by atoms with Gasteiger partial charge in [-0.1, -0.05) is 36.8 Å². The smallest absolute Gasteiger partial charge is 0.188 e. The Bertz CT molecular complexity index is 464. The number of unbranched alkanes of at least 4 members (excludes halogenated alkanes) is 2. The summed E-state index contributed by atoms with van der Waals surface area (Å²) < 4.78 is 5.34. The number of aliphatic imine (C=N–C) groups is 1. The van der Waals surface area contributed by atoms with Gasteiger partial charge in [-0.15, -0.1) is 24.0 Å². The molecule has 5 nitrogen and oxygen atoms in total. The first-order valence-corrected chi connectivity index (χ1v) is 9.22. The molecule has 0 aromatic heterocycles. The van der Waals surface area contributed by atoms with Crippen LogP contribution in [-0.4, -0.2) is 56.8 Å². The summed E-state index contributed by atoms with van der Waals surface area (Å²) in [5.41, 5.74) is 7.33. The quantitative estimate of drug-likeness (QED) is 0.244. The van der Waals surface area contributed by atoms with E-state index in [0.717, 1.165) is 65.2 Å². The van der Waals surface area contributed by atoms with E-state index in [0.29, 0.717) is 5.96 Å². The third kappa shape index (κ3) is 10.7.